The van der Waals surface area contributed by atoms with Crippen LogP contribution in [0.1, 0.15) is 27.7 Å². The van der Waals surface area contributed by atoms with Crippen molar-refractivity contribution < 1.29 is 24.5 Å². The predicted octanol–water partition coefficient (Wildman–Crippen LogP) is 1.13. The number of carbonyl (C=O) groups is 2. The number of amides is 1. The van der Waals surface area contributed by atoms with Gasteiger partial charge in [-0.3, -0.25) is 4.90 Å². The summed E-state index contributed by atoms with van der Waals surface area (Å²) < 4.78 is 4.27. The molecule has 0 aromatic rings. The first kappa shape index (κ1) is 15.1. The van der Waals surface area contributed by atoms with Crippen LogP contribution in [0.5, 0.6) is 0 Å². The average molecular weight is 277 g/mol. The van der Waals surface area contributed by atoms with Crippen LogP contribution in [-0.2, 0) is 9.53 Å². The molecule has 1 amide bonds. The van der Waals surface area contributed by atoms with Crippen LogP contribution >= 0.6 is 11.8 Å². The van der Waals surface area contributed by atoms with Gasteiger partial charge < -0.3 is 14.9 Å². The molecule has 1 fully saturated rings. The summed E-state index contributed by atoms with van der Waals surface area (Å²) in [5, 5.41) is 18.5. The van der Waals surface area contributed by atoms with Gasteiger partial charge in [0.05, 0.1) is 17.2 Å². The molecular weight excluding hydrogens is 258 g/mol. The number of carboxylic acid groups (broad SMARTS) is 1. The zero-order chi connectivity index (χ0) is 14.1. The highest BCUT2D eigenvalue weighted by atomic mass is 32.2. The van der Waals surface area contributed by atoms with E-state index in [1.165, 1.54) is 11.8 Å². The maximum absolute atomic E-state index is 11.9. The molecule has 1 saturated heterocycles. The summed E-state index contributed by atoms with van der Waals surface area (Å²) in [7, 11) is 0. The van der Waals surface area contributed by atoms with Gasteiger partial charge in [0, 0.05) is 0 Å². The van der Waals surface area contributed by atoms with Crippen molar-refractivity contribution in [1.82, 2.24) is 4.90 Å². The summed E-state index contributed by atoms with van der Waals surface area (Å²) in [6.45, 7) is 6.47. The third-order valence-corrected chi connectivity index (χ3v) is 4.02. The summed E-state index contributed by atoms with van der Waals surface area (Å²) in [4.78, 5) is 24.4. The Kier molecular flexibility index (Phi) is 4.17. The molecule has 104 valence electrons. The third-order valence-electron chi connectivity index (χ3n) is 2.60. The third kappa shape index (κ3) is 3.08. The molecule has 2 N–H and O–H groups in total. The molecule has 1 aliphatic rings. The molecule has 0 saturated carbocycles. The van der Waals surface area contributed by atoms with Crippen LogP contribution in [0.15, 0.2) is 0 Å². The van der Waals surface area contributed by atoms with E-state index in [2.05, 4.69) is 0 Å². The zero-order valence-corrected chi connectivity index (χ0v) is 11.8. The molecule has 1 aliphatic heterocycles. The lowest BCUT2D eigenvalue weighted by Gasteiger charge is -2.30. The van der Waals surface area contributed by atoms with Gasteiger partial charge in [-0.05, 0) is 27.7 Å². The fourth-order valence-electron chi connectivity index (χ4n) is 1.71. The standard InChI is InChI=1S/C11H19NO5S/c1-10(2,3)17-9(16)12-6-18-11(4,5-13)7(12)8(14)15/h7,13H,5-6H2,1-4H3,(H,14,15). The molecule has 2 atom stereocenters. The van der Waals surface area contributed by atoms with Gasteiger partial charge in [-0.1, -0.05) is 0 Å². The van der Waals surface area contributed by atoms with Crippen molar-refractivity contribution in [3.05, 3.63) is 0 Å². The number of ether oxygens (including phenoxy) is 1. The van der Waals surface area contributed by atoms with Gasteiger partial charge in [0.25, 0.3) is 0 Å². The molecule has 1 rings (SSSR count). The second-order valence-electron chi connectivity index (χ2n) is 5.44. The number of thioether (sulfide) groups is 1. The number of hydrogen-bond acceptors (Lipinski definition) is 5. The summed E-state index contributed by atoms with van der Waals surface area (Å²) in [6, 6.07) is -1.08. The largest absolute Gasteiger partial charge is 0.480 e. The minimum absolute atomic E-state index is 0.197. The van der Waals surface area contributed by atoms with Gasteiger partial charge in [0.2, 0.25) is 0 Å². The van der Waals surface area contributed by atoms with Crippen molar-refractivity contribution in [2.45, 2.75) is 44.1 Å². The van der Waals surface area contributed by atoms with E-state index in [1.807, 2.05) is 0 Å². The second kappa shape index (κ2) is 4.97. The Morgan fingerprint density at radius 1 is 1.50 bits per heavy atom. The van der Waals surface area contributed by atoms with Gasteiger partial charge in [0.15, 0.2) is 0 Å². The lowest BCUT2D eigenvalue weighted by Crippen LogP contribution is -2.52. The molecule has 2 unspecified atom stereocenters. The van der Waals surface area contributed by atoms with Gasteiger partial charge in [-0.15, -0.1) is 11.8 Å². The minimum atomic E-state index is -1.14. The van der Waals surface area contributed by atoms with E-state index < -0.39 is 28.5 Å². The number of rotatable bonds is 2. The molecule has 0 radical (unpaired) electrons. The zero-order valence-electron chi connectivity index (χ0n) is 11.0. The Balaban J connectivity index is 2.90. The van der Waals surface area contributed by atoms with Gasteiger partial charge in [-0.2, -0.15) is 0 Å². The molecule has 1 heterocycles. The van der Waals surface area contributed by atoms with E-state index in [0.29, 0.717) is 0 Å². The molecule has 7 heteroatoms. The predicted molar refractivity (Wildman–Crippen MR) is 67.4 cm³/mol. The molecule has 0 bridgehead atoms. The quantitative estimate of drug-likeness (QED) is 0.787. The molecule has 0 spiro atoms. The van der Waals surface area contributed by atoms with Crippen molar-refractivity contribution in [3.8, 4) is 0 Å². The summed E-state index contributed by atoms with van der Waals surface area (Å²) in [5.41, 5.74) is -0.678. The van der Waals surface area contributed by atoms with Crippen LogP contribution in [0.25, 0.3) is 0 Å². The summed E-state index contributed by atoms with van der Waals surface area (Å²) in [6.07, 6.45) is -0.667. The molecule has 0 aliphatic carbocycles. The van der Waals surface area contributed by atoms with Crippen molar-refractivity contribution in [3.63, 3.8) is 0 Å². The maximum Gasteiger partial charge on any atom is 0.411 e. The highest BCUT2D eigenvalue weighted by molar-refractivity contribution is 8.01. The number of carbonyl (C=O) groups excluding carboxylic acids is 1. The number of aliphatic hydroxyl groups is 1. The molecule has 18 heavy (non-hydrogen) atoms. The Bertz CT molecular complexity index is 354. The highest BCUT2D eigenvalue weighted by Crippen LogP contribution is 2.40. The van der Waals surface area contributed by atoms with Crippen LogP contribution in [0.3, 0.4) is 0 Å². The van der Waals surface area contributed by atoms with E-state index in [0.717, 1.165) is 4.90 Å². The smallest absolute Gasteiger partial charge is 0.411 e. The first-order valence-corrected chi connectivity index (χ1v) is 6.56. The van der Waals surface area contributed by atoms with Crippen LogP contribution in [0, 0.1) is 0 Å². The van der Waals surface area contributed by atoms with Gasteiger partial charge in [-0.25, -0.2) is 9.59 Å². The van der Waals surface area contributed by atoms with Crippen molar-refractivity contribution in [2.24, 2.45) is 0 Å². The Hall–Kier alpha value is -0.950. The normalized spacial score (nSPS) is 28.3. The van der Waals surface area contributed by atoms with Crippen LogP contribution in [-0.4, -0.2) is 56.0 Å². The van der Waals surface area contributed by atoms with E-state index >= 15 is 0 Å². The molecule has 0 aromatic carbocycles. The number of nitrogens with zero attached hydrogens (tertiary/aromatic N) is 1. The topological polar surface area (TPSA) is 87.1 Å². The number of hydrogen-bond donors (Lipinski definition) is 2. The summed E-state index contributed by atoms with van der Waals surface area (Å²) >= 11 is 1.24. The van der Waals surface area contributed by atoms with Gasteiger partial charge in [0.1, 0.15) is 11.6 Å². The number of aliphatic hydroxyl groups excluding tert-OH is 1. The Labute approximate surface area is 110 Å². The summed E-state index contributed by atoms with van der Waals surface area (Å²) in [5.74, 6) is -0.939. The van der Waals surface area contributed by atoms with Crippen LogP contribution in [0.4, 0.5) is 4.79 Å². The van der Waals surface area contributed by atoms with E-state index in [-0.39, 0.29) is 12.5 Å². The lowest BCUT2D eigenvalue weighted by atomic mass is 10.0. The Morgan fingerprint density at radius 2 is 2.06 bits per heavy atom. The SMILES string of the molecule is CC(C)(C)OC(=O)N1CSC(C)(CO)C1C(=O)O. The van der Waals surface area contributed by atoms with Crippen molar-refractivity contribution >= 4 is 23.8 Å². The highest BCUT2D eigenvalue weighted by Gasteiger charge is 2.51. The average Bonchev–Trinajstić information content (AvgIpc) is 2.54. The fourth-order valence-corrected chi connectivity index (χ4v) is 2.87. The van der Waals surface area contributed by atoms with Crippen molar-refractivity contribution in [1.29, 1.82) is 0 Å². The Morgan fingerprint density at radius 3 is 2.44 bits per heavy atom. The minimum Gasteiger partial charge on any atom is -0.480 e. The number of carboxylic acids is 1. The van der Waals surface area contributed by atoms with Crippen LogP contribution < -0.4 is 0 Å². The van der Waals surface area contributed by atoms with E-state index in [9.17, 15) is 19.8 Å². The molecule has 0 aromatic heterocycles. The monoisotopic (exact) mass is 277 g/mol. The van der Waals surface area contributed by atoms with E-state index in [1.54, 1.807) is 27.7 Å². The molecular formula is C11H19NO5S. The van der Waals surface area contributed by atoms with Crippen LogP contribution in [0.2, 0.25) is 0 Å². The fraction of sp³-hybridized carbons (Fsp3) is 0.818. The van der Waals surface area contributed by atoms with Gasteiger partial charge >= 0.3 is 12.1 Å². The lowest BCUT2D eigenvalue weighted by molar-refractivity contribution is -0.143. The van der Waals surface area contributed by atoms with Crippen molar-refractivity contribution in [2.75, 3.05) is 12.5 Å². The van der Waals surface area contributed by atoms with E-state index in [4.69, 9.17) is 4.74 Å². The first-order valence-electron chi connectivity index (χ1n) is 5.58. The molecule has 6 nitrogen and oxygen atoms in total. The number of aliphatic carboxylic acids is 1. The first-order chi connectivity index (χ1) is 8.10. The second-order valence-corrected chi connectivity index (χ2v) is 6.91. The maximum atomic E-state index is 11.9.